The van der Waals surface area contributed by atoms with Crippen LogP contribution >= 0.6 is 0 Å². The molecule has 2 aromatic rings. The number of rotatable bonds is 4. The fourth-order valence-corrected chi connectivity index (χ4v) is 2.56. The molecule has 0 saturated heterocycles. The number of ether oxygens (including phenoxy) is 1. The number of amidine groups is 1. The van der Waals surface area contributed by atoms with E-state index in [1.165, 1.54) is 0 Å². The highest BCUT2D eigenvalue weighted by molar-refractivity contribution is 6.19. The summed E-state index contributed by atoms with van der Waals surface area (Å²) < 4.78 is 5.39. The average molecular weight is 321 g/mol. The van der Waals surface area contributed by atoms with E-state index >= 15 is 0 Å². The van der Waals surface area contributed by atoms with Crippen LogP contribution in [0.1, 0.15) is 36.5 Å². The molecule has 0 aliphatic carbocycles. The third-order valence-electron chi connectivity index (χ3n) is 3.81. The Labute approximate surface area is 141 Å². The van der Waals surface area contributed by atoms with Gasteiger partial charge in [-0.15, -0.1) is 0 Å². The number of benzene rings is 1. The van der Waals surface area contributed by atoms with Gasteiger partial charge in [0, 0.05) is 18.0 Å². The van der Waals surface area contributed by atoms with Gasteiger partial charge in [-0.3, -0.25) is 9.78 Å². The number of pyridine rings is 1. The van der Waals surface area contributed by atoms with E-state index < -0.39 is 0 Å². The number of hydrogen-bond acceptors (Lipinski definition) is 4. The molecule has 0 saturated carbocycles. The third kappa shape index (κ3) is 3.20. The van der Waals surface area contributed by atoms with Gasteiger partial charge in [0.25, 0.3) is 5.91 Å². The molecule has 1 aliphatic rings. The maximum atomic E-state index is 12.2. The lowest BCUT2D eigenvalue weighted by Gasteiger charge is -2.12. The number of aromatic nitrogens is 1. The van der Waals surface area contributed by atoms with Crippen molar-refractivity contribution in [3.8, 4) is 5.75 Å². The number of methoxy groups -OCH3 is 1. The van der Waals surface area contributed by atoms with E-state index in [0.717, 1.165) is 22.4 Å². The van der Waals surface area contributed by atoms with Gasteiger partial charge in [0.15, 0.2) is 0 Å². The Bertz CT molecular complexity index is 824. The summed E-state index contributed by atoms with van der Waals surface area (Å²) in [7, 11) is 1.66. The summed E-state index contributed by atoms with van der Waals surface area (Å²) in [4.78, 5) is 20.6. The fourth-order valence-electron chi connectivity index (χ4n) is 2.56. The number of amides is 1. The van der Waals surface area contributed by atoms with Crippen LogP contribution in [0.15, 0.2) is 53.4 Å². The largest absolute Gasteiger partial charge is 0.496 e. The monoisotopic (exact) mass is 321 g/mol. The lowest BCUT2D eigenvalue weighted by atomic mass is 9.99. The predicted molar refractivity (Wildman–Crippen MR) is 94.0 cm³/mol. The summed E-state index contributed by atoms with van der Waals surface area (Å²) >= 11 is 0. The lowest BCUT2D eigenvalue weighted by Crippen LogP contribution is -2.24. The van der Waals surface area contributed by atoms with Crippen molar-refractivity contribution in [1.29, 1.82) is 0 Å². The molecule has 0 atom stereocenters. The number of aliphatic imine (C=N–C) groups is 1. The van der Waals surface area contributed by atoms with Gasteiger partial charge in [-0.05, 0) is 47.4 Å². The van der Waals surface area contributed by atoms with Crippen LogP contribution in [-0.2, 0) is 4.79 Å². The van der Waals surface area contributed by atoms with Gasteiger partial charge in [-0.2, -0.15) is 0 Å². The van der Waals surface area contributed by atoms with Crippen LogP contribution in [0.2, 0.25) is 0 Å². The van der Waals surface area contributed by atoms with Crippen molar-refractivity contribution in [2.75, 3.05) is 7.11 Å². The van der Waals surface area contributed by atoms with Crippen LogP contribution in [0.3, 0.4) is 0 Å². The van der Waals surface area contributed by atoms with Crippen molar-refractivity contribution in [3.05, 3.63) is 65.1 Å². The van der Waals surface area contributed by atoms with Crippen molar-refractivity contribution in [1.82, 2.24) is 10.3 Å². The highest BCUT2D eigenvalue weighted by Crippen LogP contribution is 2.28. The van der Waals surface area contributed by atoms with E-state index in [1.54, 1.807) is 25.6 Å². The Kier molecular flexibility index (Phi) is 4.42. The van der Waals surface area contributed by atoms with E-state index in [2.05, 4.69) is 29.1 Å². The molecule has 0 spiro atoms. The standard InChI is InChI=1S/C19H19N3O2/c1-12(2)15-9-13(6-7-17(15)24-3)10-16-19(23)22-18(21-16)14-5-4-8-20-11-14/h4-12H,1-3H3,(H,21,22,23)/b16-10+. The Morgan fingerprint density at radius 2 is 2.08 bits per heavy atom. The number of nitrogens with zero attached hydrogens (tertiary/aromatic N) is 2. The minimum absolute atomic E-state index is 0.212. The zero-order valence-electron chi connectivity index (χ0n) is 13.9. The molecule has 1 aromatic heterocycles. The van der Waals surface area contributed by atoms with E-state index in [-0.39, 0.29) is 5.91 Å². The van der Waals surface area contributed by atoms with Gasteiger partial charge in [0.05, 0.1) is 7.11 Å². The molecule has 0 unspecified atom stereocenters. The first kappa shape index (κ1) is 15.9. The van der Waals surface area contributed by atoms with E-state index in [0.29, 0.717) is 17.5 Å². The Morgan fingerprint density at radius 1 is 1.25 bits per heavy atom. The normalized spacial score (nSPS) is 15.6. The summed E-state index contributed by atoms with van der Waals surface area (Å²) in [5.41, 5.74) is 3.18. The average Bonchev–Trinajstić information content (AvgIpc) is 2.96. The molecular weight excluding hydrogens is 302 g/mol. The highest BCUT2D eigenvalue weighted by atomic mass is 16.5. The van der Waals surface area contributed by atoms with Crippen LogP contribution in [0, 0.1) is 0 Å². The first-order valence-corrected chi connectivity index (χ1v) is 7.78. The molecule has 5 nitrogen and oxygen atoms in total. The molecule has 5 heteroatoms. The molecule has 24 heavy (non-hydrogen) atoms. The molecule has 1 aliphatic heterocycles. The van der Waals surface area contributed by atoms with Crippen LogP contribution in [0.5, 0.6) is 5.75 Å². The van der Waals surface area contributed by atoms with E-state index in [4.69, 9.17) is 4.74 Å². The van der Waals surface area contributed by atoms with Crippen LogP contribution in [-0.4, -0.2) is 23.8 Å². The van der Waals surface area contributed by atoms with Crippen LogP contribution in [0.4, 0.5) is 0 Å². The summed E-state index contributed by atoms with van der Waals surface area (Å²) in [6.45, 7) is 4.21. The number of carbonyl (C=O) groups excluding carboxylic acids is 1. The van der Waals surface area contributed by atoms with Crippen molar-refractivity contribution in [3.63, 3.8) is 0 Å². The SMILES string of the molecule is COc1ccc(/C=C2/N=C(c3cccnc3)NC2=O)cc1C(C)C. The number of hydrogen-bond donors (Lipinski definition) is 1. The molecule has 0 radical (unpaired) electrons. The van der Waals surface area contributed by atoms with Crippen molar-refractivity contribution in [2.45, 2.75) is 19.8 Å². The highest BCUT2D eigenvalue weighted by Gasteiger charge is 2.21. The first-order valence-electron chi connectivity index (χ1n) is 7.78. The maximum Gasteiger partial charge on any atom is 0.275 e. The Morgan fingerprint density at radius 3 is 2.75 bits per heavy atom. The Hall–Kier alpha value is -2.95. The first-order chi connectivity index (χ1) is 11.6. The summed E-state index contributed by atoms with van der Waals surface area (Å²) in [6.07, 6.45) is 5.14. The topological polar surface area (TPSA) is 63.6 Å². The van der Waals surface area contributed by atoms with Crippen molar-refractivity contribution >= 4 is 17.8 Å². The molecule has 122 valence electrons. The molecule has 0 fully saturated rings. The quantitative estimate of drug-likeness (QED) is 0.880. The minimum Gasteiger partial charge on any atom is -0.496 e. The summed E-state index contributed by atoms with van der Waals surface area (Å²) in [5, 5.41) is 2.78. The second kappa shape index (κ2) is 6.66. The molecule has 1 N–H and O–H groups in total. The fraction of sp³-hybridized carbons (Fsp3) is 0.211. The Balaban J connectivity index is 1.95. The van der Waals surface area contributed by atoms with Gasteiger partial charge in [-0.25, -0.2) is 4.99 Å². The summed E-state index contributed by atoms with van der Waals surface area (Å²) in [6, 6.07) is 9.54. The second-order valence-corrected chi connectivity index (χ2v) is 5.84. The third-order valence-corrected chi connectivity index (χ3v) is 3.81. The second-order valence-electron chi connectivity index (χ2n) is 5.84. The summed E-state index contributed by atoms with van der Waals surface area (Å²) in [5.74, 6) is 1.49. The van der Waals surface area contributed by atoms with E-state index in [1.807, 2.05) is 30.3 Å². The van der Waals surface area contributed by atoms with Gasteiger partial charge >= 0.3 is 0 Å². The van der Waals surface area contributed by atoms with Gasteiger partial charge in [0.2, 0.25) is 0 Å². The molecule has 0 bridgehead atoms. The number of nitrogens with one attached hydrogen (secondary N) is 1. The van der Waals surface area contributed by atoms with Gasteiger partial charge in [0.1, 0.15) is 17.3 Å². The van der Waals surface area contributed by atoms with Crippen LogP contribution in [0.25, 0.3) is 6.08 Å². The van der Waals surface area contributed by atoms with E-state index in [9.17, 15) is 4.79 Å². The molecule has 2 heterocycles. The molecule has 3 rings (SSSR count). The number of carbonyl (C=O) groups is 1. The minimum atomic E-state index is -0.212. The maximum absolute atomic E-state index is 12.2. The smallest absolute Gasteiger partial charge is 0.275 e. The zero-order valence-corrected chi connectivity index (χ0v) is 13.9. The molecule has 1 aromatic carbocycles. The predicted octanol–water partition coefficient (Wildman–Crippen LogP) is 3.13. The van der Waals surface area contributed by atoms with Crippen molar-refractivity contribution < 1.29 is 9.53 Å². The van der Waals surface area contributed by atoms with Crippen molar-refractivity contribution in [2.24, 2.45) is 4.99 Å². The van der Waals surface area contributed by atoms with Gasteiger partial charge < -0.3 is 10.1 Å². The lowest BCUT2D eigenvalue weighted by molar-refractivity contribution is -0.115. The van der Waals surface area contributed by atoms with Crippen LogP contribution < -0.4 is 10.1 Å². The zero-order chi connectivity index (χ0) is 17.1. The molecule has 1 amide bonds. The van der Waals surface area contributed by atoms with Gasteiger partial charge in [-0.1, -0.05) is 19.9 Å². The molecular formula is C19H19N3O2.